The van der Waals surface area contributed by atoms with Gasteiger partial charge >= 0.3 is 6.16 Å². The number of ether oxygens (including phenoxy) is 2. The van der Waals surface area contributed by atoms with Crippen molar-refractivity contribution in [1.82, 2.24) is 0 Å². The molecule has 0 aliphatic carbocycles. The predicted molar refractivity (Wildman–Crippen MR) is 139 cm³/mol. The smallest absolute Gasteiger partial charge is 0.434 e. The van der Waals surface area contributed by atoms with Crippen molar-refractivity contribution in [3.8, 4) is 0 Å². The molecule has 0 aromatic carbocycles. The van der Waals surface area contributed by atoms with E-state index in [-0.39, 0.29) is 0 Å². The van der Waals surface area contributed by atoms with Gasteiger partial charge in [0, 0.05) is 0 Å². The third-order valence-corrected chi connectivity index (χ3v) is 6.96. The van der Waals surface area contributed by atoms with Gasteiger partial charge in [0.1, 0.15) is 0 Å². The molecule has 0 saturated carbocycles. The number of unbranched alkanes of at least 4 members (excludes halogenated alkanes) is 14. The Balaban J connectivity index is 3.72. The lowest BCUT2D eigenvalue weighted by Crippen LogP contribution is -2.18. The summed E-state index contributed by atoms with van der Waals surface area (Å²) in [6, 6.07) is 0. The fourth-order valence-corrected chi connectivity index (χ4v) is 4.36. The van der Waals surface area contributed by atoms with Crippen LogP contribution in [0.2, 0.25) is 0 Å². The van der Waals surface area contributed by atoms with E-state index in [4.69, 9.17) is 9.47 Å². The lowest BCUT2D eigenvalue weighted by Gasteiger charge is -2.17. The number of rotatable bonds is 24. The third-order valence-electron chi connectivity index (χ3n) is 6.96. The molecule has 0 aliphatic rings. The highest BCUT2D eigenvalue weighted by molar-refractivity contribution is 5.59. The number of hydrogen-bond acceptors (Lipinski definition) is 3. The van der Waals surface area contributed by atoms with Gasteiger partial charge in [0.25, 0.3) is 0 Å². The molecule has 0 aliphatic heterocycles. The van der Waals surface area contributed by atoms with Crippen molar-refractivity contribution in [2.24, 2.45) is 11.8 Å². The van der Waals surface area contributed by atoms with Crippen LogP contribution in [-0.4, -0.2) is 19.4 Å². The zero-order valence-corrected chi connectivity index (χ0v) is 22.4. The summed E-state index contributed by atoms with van der Waals surface area (Å²) in [5.41, 5.74) is 0. The maximum absolute atomic E-state index is 12.0. The molecule has 0 N–H and O–H groups in total. The normalized spacial score (nSPS) is 13.1. The van der Waals surface area contributed by atoms with Crippen molar-refractivity contribution in [2.45, 2.75) is 156 Å². The molecule has 0 saturated heterocycles. The van der Waals surface area contributed by atoms with Gasteiger partial charge in [-0.25, -0.2) is 4.79 Å². The molecule has 0 aromatic heterocycles. The average molecular weight is 455 g/mol. The average Bonchev–Trinajstić information content (AvgIpc) is 2.81. The Labute approximate surface area is 201 Å². The van der Waals surface area contributed by atoms with E-state index in [0.29, 0.717) is 25.0 Å². The zero-order valence-electron chi connectivity index (χ0n) is 22.4. The fourth-order valence-electron chi connectivity index (χ4n) is 4.36. The van der Waals surface area contributed by atoms with Crippen LogP contribution in [0.25, 0.3) is 0 Å². The van der Waals surface area contributed by atoms with Gasteiger partial charge in [0.2, 0.25) is 0 Å². The van der Waals surface area contributed by atoms with Crippen LogP contribution < -0.4 is 0 Å². The van der Waals surface area contributed by atoms with Crippen LogP contribution in [0.1, 0.15) is 156 Å². The van der Waals surface area contributed by atoms with Crippen LogP contribution >= 0.6 is 0 Å². The highest BCUT2D eigenvalue weighted by Gasteiger charge is 2.14. The van der Waals surface area contributed by atoms with Crippen LogP contribution in [0, 0.1) is 11.8 Å². The fraction of sp³-hybridized carbons (Fsp3) is 0.966. The molecule has 0 bridgehead atoms. The summed E-state index contributed by atoms with van der Waals surface area (Å²) in [4.78, 5) is 12.0. The second kappa shape index (κ2) is 24.9. The lowest BCUT2D eigenvalue weighted by atomic mass is 9.98. The SMILES string of the molecule is CCCCCCCCCCC(CC)COC(=O)OCC(CC)CCCCCCCCCC. The van der Waals surface area contributed by atoms with Crippen LogP contribution in [-0.2, 0) is 9.47 Å². The molecule has 3 heteroatoms. The van der Waals surface area contributed by atoms with Gasteiger partial charge in [0.05, 0.1) is 13.2 Å². The van der Waals surface area contributed by atoms with Gasteiger partial charge in [-0.1, -0.05) is 143 Å². The molecular formula is C29H58O3. The van der Waals surface area contributed by atoms with E-state index in [1.54, 1.807) is 0 Å². The molecule has 0 radical (unpaired) electrons. The summed E-state index contributed by atoms with van der Waals surface area (Å²) in [6.07, 6.45) is 25.5. The molecule has 3 nitrogen and oxygen atoms in total. The minimum Gasteiger partial charge on any atom is -0.434 e. The van der Waals surface area contributed by atoms with E-state index in [1.165, 1.54) is 103 Å². The van der Waals surface area contributed by atoms with Crippen molar-refractivity contribution >= 4 is 6.16 Å². The number of carbonyl (C=O) groups is 1. The predicted octanol–water partition coefficient (Wildman–Crippen LogP) is 10.3. The third kappa shape index (κ3) is 21.1. The van der Waals surface area contributed by atoms with Gasteiger partial charge in [-0.3, -0.25) is 0 Å². The molecule has 0 rings (SSSR count). The quantitative estimate of drug-likeness (QED) is 0.107. The van der Waals surface area contributed by atoms with E-state index in [1.807, 2.05) is 0 Å². The summed E-state index contributed by atoms with van der Waals surface area (Å²) in [5.74, 6) is 0.948. The molecule has 0 aromatic rings. The Morgan fingerprint density at radius 3 is 1.12 bits per heavy atom. The van der Waals surface area contributed by atoms with Gasteiger partial charge in [-0.15, -0.1) is 0 Å². The Kier molecular flexibility index (Phi) is 24.3. The molecule has 0 amide bonds. The van der Waals surface area contributed by atoms with E-state index in [0.717, 1.165) is 25.7 Å². The molecule has 0 spiro atoms. The first-order valence-corrected chi connectivity index (χ1v) is 14.5. The van der Waals surface area contributed by atoms with E-state index in [9.17, 15) is 4.79 Å². The summed E-state index contributed by atoms with van der Waals surface area (Å²) in [7, 11) is 0. The first-order valence-electron chi connectivity index (χ1n) is 14.5. The molecular weight excluding hydrogens is 396 g/mol. The Morgan fingerprint density at radius 2 is 0.812 bits per heavy atom. The first-order chi connectivity index (χ1) is 15.7. The van der Waals surface area contributed by atoms with E-state index < -0.39 is 6.16 Å². The van der Waals surface area contributed by atoms with Crippen molar-refractivity contribution in [3.63, 3.8) is 0 Å². The minimum atomic E-state index is -0.464. The van der Waals surface area contributed by atoms with Crippen molar-refractivity contribution in [2.75, 3.05) is 13.2 Å². The second-order valence-corrected chi connectivity index (χ2v) is 9.95. The lowest BCUT2D eigenvalue weighted by molar-refractivity contribution is 0.0315. The van der Waals surface area contributed by atoms with Gasteiger partial charge < -0.3 is 9.47 Å². The molecule has 32 heavy (non-hydrogen) atoms. The Morgan fingerprint density at radius 1 is 0.500 bits per heavy atom. The van der Waals surface area contributed by atoms with Crippen LogP contribution in [0.5, 0.6) is 0 Å². The number of carbonyl (C=O) groups excluding carboxylic acids is 1. The maximum Gasteiger partial charge on any atom is 0.508 e. The van der Waals surface area contributed by atoms with Gasteiger partial charge in [-0.05, 0) is 24.7 Å². The van der Waals surface area contributed by atoms with Crippen LogP contribution in [0.15, 0.2) is 0 Å². The zero-order chi connectivity index (χ0) is 23.7. The number of hydrogen-bond donors (Lipinski definition) is 0. The van der Waals surface area contributed by atoms with Crippen molar-refractivity contribution < 1.29 is 14.3 Å². The maximum atomic E-state index is 12.0. The van der Waals surface area contributed by atoms with Crippen molar-refractivity contribution in [3.05, 3.63) is 0 Å². The van der Waals surface area contributed by atoms with Crippen LogP contribution in [0.3, 0.4) is 0 Å². The first kappa shape index (κ1) is 31.3. The van der Waals surface area contributed by atoms with Crippen molar-refractivity contribution in [1.29, 1.82) is 0 Å². The molecule has 192 valence electrons. The Bertz CT molecular complexity index is 349. The topological polar surface area (TPSA) is 35.5 Å². The standard InChI is InChI=1S/C29H58O3/c1-5-9-11-13-15-17-19-21-23-27(7-3)25-31-29(30)32-26-28(8-4)24-22-20-18-16-14-12-10-6-2/h27-28H,5-26H2,1-4H3. The molecule has 2 atom stereocenters. The summed E-state index contributed by atoms with van der Waals surface area (Å²) < 4.78 is 10.9. The largest absolute Gasteiger partial charge is 0.508 e. The van der Waals surface area contributed by atoms with E-state index >= 15 is 0 Å². The summed E-state index contributed by atoms with van der Waals surface area (Å²) in [5, 5.41) is 0. The van der Waals surface area contributed by atoms with Crippen LogP contribution in [0.4, 0.5) is 4.79 Å². The molecule has 0 heterocycles. The van der Waals surface area contributed by atoms with Gasteiger partial charge in [0.15, 0.2) is 0 Å². The Hall–Kier alpha value is -0.730. The highest BCUT2D eigenvalue weighted by Crippen LogP contribution is 2.18. The highest BCUT2D eigenvalue weighted by atomic mass is 16.7. The summed E-state index contributed by atoms with van der Waals surface area (Å²) in [6.45, 7) is 9.95. The monoisotopic (exact) mass is 454 g/mol. The van der Waals surface area contributed by atoms with E-state index in [2.05, 4.69) is 27.7 Å². The second-order valence-electron chi connectivity index (χ2n) is 9.95. The molecule has 2 unspecified atom stereocenters. The summed E-state index contributed by atoms with van der Waals surface area (Å²) >= 11 is 0. The van der Waals surface area contributed by atoms with Gasteiger partial charge in [-0.2, -0.15) is 0 Å². The molecule has 0 fully saturated rings. The minimum absolute atomic E-state index is 0.464.